The van der Waals surface area contributed by atoms with Gasteiger partial charge in [0, 0.05) is 13.7 Å². The molecule has 19 heavy (non-hydrogen) atoms. The summed E-state index contributed by atoms with van der Waals surface area (Å²) in [6, 6.07) is 0. The number of nitrogens with one attached hydrogen (secondary N) is 1. The minimum Gasteiger partial charge on any atom is -0.374 e. The van der Waals surface area contributed by atoms with Crippen LogP contribution in [0.3, 0.4) is 0 Å². The largest absolute Gasteiger partial charge is 0.374 e. The van der Waals surface area contributed by atoms with Gasteiger partial charge >= 0.3 is 0 Å². The van der Waals surface area contributed by atoms with E-state index >= 15 is 0 Å². The molecule has 0 amide bonds. The molecule has 1 N–H and O–H groups in total. The summed E-state index contributed by atoms with van der Waals surface area (Å²) in [6.45, 7) is 9.37. The van der Waals surface area contributed by atoms with E-state index in [1.807, 2.05) is 6.92 Å². The highest BCUT2D eigenvalue weighted by molar-refractivity contribution is 9.10. The minimum absolute atomic E-state index is 0.0961. The van der Waals surface area contributed by atoms with Gasteiger partial charge in [-0.3, -0.25) is 0 Å². The van der Waals surface area contributed by atoms with Gasteiger partial charge in [-0.2, -0.15) is 0 Å². The lowest BCUT2D eigenvalue weighted by Crippen LogP contribution is -2.12. The molecule has 4 nitrogen and oxygen atoms in total. The van der Waals surface area contributed by atoms with Gasteiger partial charge in [0.1, 0.15) is 11.9 Å². The molecule has 0 aromatic carbocycles. The molecule has 108 valence electrons. The van der Waals surface area contributed by atoms with Gasteiger partial charge < -0.3 is 10.1 Å². The maximum absolute atomic E-state index is 5.33. The molecule has 1 heterocycles. The van der Waals surface area contributed by atoms with E-state index in [0.717, 1.165) is 41.2 Å². The van der Waals surface area contributed by atoms with Crippen LogP contribution in [0.4, 0.5) is 5.82 Å². The molecule has 1 unspecified atom stereocenters. The van der Waals surface area contributed by atoms with Crippen molar-refractivity contribution in [2.45, 2.75) is 46.6 Å². The van der Waals surface area contributed by atoms with Crippen molar-refractivity contribution in [3.8, 4) is 0 Å². The van der Waals surface area contributed by atoms with Gasteiger partial charge in [-0.25, -0.2) is 9.97 Å². The topological polar surface area (TPSA) is 47.0 Å². The summed E-state index contributed by atoms with van der Waals surface area (Å²) in [6.07, 6.45) is 1.89. The predicted octanol–water partition coefficient (Wildman–Crippen LogP) is 3.97. The molecular weight excluding hydrogens is 306 g/mol. The van der Waals surface area contributed by atoms with Crippen LogP contribution < -0.4 is 5.32 Å². The Morgan fingerprint density at radius 3 is 2.47 bits per heavy atom. The van der Waals surface area contributed by atoms with E-state index in [4.69, 9.17) is 4.74 Å². The summed E-state index contributed by atoms with van der Waals surface area (Å²) in [5, 5.41) is 3.34. The van der Waals surface area contributed by atoms with E-state index < -0.39 is 0 Å². The van der Waals surface area contributed by atoms with Crippen LogP contribution in [0.15, 0.2) is 4.47 Å². The first-order chi connectivity index (χ1) is 8.99. The van der Waals surface area contributed by atoms with Gasteiger partial charge in [0.15, 0.2) is 5.82 Å². The first-order valence-corrected chi connectivity index (χ1v) is 7.61. The number of hydrogen-bond acceptors (Lipinski definition) is 4. The fourth-order valence-corrected chi connectivity index (χ4v) is 2.16. The van der Waals surface area contributed by atoms with E-state index in [2.05, 4.69) is 52.0 Å². The van der Waals surface area contributed by atoms with E-state index in [9.17, 15) is 0 Å². The Labute approximate surface area is 124 Å². The van der Waals surface area contributed by atoms with Crippen molar-refractivity contribution < 1.29 is 4.74 Å². The van der Waals surface area contributed by atoms with Crippen LogP contribution in [0.1, 0.15) is 51.7 Å². The molecule has 1 aromatic heterocycles. The smallest absolute Gasteiger partial charge is 0.159 e. The Balaban J connectivity index is 3.13. The Morgan fingerprint density at radius 2 is 1.95 bits per heavy atom. The third-order valence-corrected chi connectivity index (χ3v) is 3.63. The minimum atomic E-state index is -0.0961. The Hall–Kier alpha value is -0.680. The van der Waals surface area contributed by atoms with Crippen molar-refractivity contribution in [2.24, 2.45) is 5.92 Å². The summed E-state index contributed by atoms with van der Waals surface area (Å²) in [7, 11) is 1.68. The number of nitrogens with zero attached hydrogens (tertiary/aromatic N) is 2. The zero-order chi connectivity index (χ0) is 14.4. The Morgan fingerprint density at radius 1 is 1.26 bits per heavy atom. The monoisotopic (exact) mass is 329 g/mol. The summed E-state index contributed by atoms with van der Waals surface area (Å²) in [4.78, 5) is 9.18. The zero-order valence-electron chi connectivity index (χ0n) is 12.5. The molecule has 0 radical (unpaired) electrons. The molecule has 5 heteroatoms. The Bertz CT molecular complexity index is 410. The first-order valence-electron chi connectivity index (χ1n) is 6.82. The van der Waals surface area contributed by atoms with Crippen LogP contribution in [0.25, 0.3) is 0 Å². The van der Waals surface area contributed by atoms with Crippen molar-refractivity contribution in [3.05, 3.63) is 16.0 Å². The summed E-state index contributed by atoms with van der Waals surface area (Å²) < 4.78 is 6.30. The van der Waals surface area contributed by atoms with Gasteiger partial charge in [-0.1, -0.05) is 20.8 Å². The van der Waals surface area contributed by atoms with Gasteiger partial charge in [0.25, 0.3) is 0 Å². The lowest BCUT2D eigenvalue weighted by Gasteiger charge is -2.16. The van der Waals surface area contributed by atoms with Crippen LogP contribution in [0.2, 0.25) is 0 Å². The van der Waals surface area contributed by atoms with Crippen molar-refractivity contribution >= 4 is 21.7 Å². The second kappa shape index (κ2) is 7.80. The van der Waals surface area contributed by atoms with E-state index in [-0.39, 0.29) is 6.10 Å². The van der Waals surface area contributed by atoms with Crippen molar-refractivity contribution in [2.75, 3.05) is 19.0 Å². The summed E-state index contributed by atoms with van der Waals surface area (Å²) >= 11 is 3.62. The average molecular weight is 330 g/mol. The van der Waals surface area contributed by atoms with Crippen LogP contribution in [0.5, 0.6) is 0 Å². The molecule has 0 aliphatic heterocycles. The molecule has 1 aromatic rings. The third kappa shape index (κ3) is 4.73. The molecule has 1 rings (SSSR count). The second-order valence-corrected chi connectivity index (χ2v) is 5.89. The van der Waals surface area contributed by atoms with Crippen LogP contribution in [-0.4, -0.2) is 23.6 Å². The lowest BCUT2D eigenvalue weighted by atomic mass is 10.1. The quantitative estimate of drug-likeness (QED) is 0.822. The highest BCUT2D eigenvalue weighted by atomic mass is 79.9. The van der Waals surface area contributed by atoms with Crippen molar-refractivity contribution in [1.29, 1.82) is 0 Å². The van der Waals surface area contributed by atoms with Gasteiger partial charge in [0.05, 0.1) is 10.2 Å². The maximum Gasteiger partial charge on any atom is 0.159 e. The molecule has 0 fully saturated rings. The number of rotatable bonds is 7. The van der Waals surface area contributed by atoms with Gasteiger partial charge in [-0.15, -0.1) is 0 Å². The molecular formula is C14H24BrN3O. The maximum atomic E-state index is 5.33. The van der Waals surface area contributed by atoms with Crippen LogP contribution >= 0.6 is 15.9 Å². The first kappa shape index (κ1) is 16.4. The third-order valence-electron chi connectivity index (χ3n) is 2.80. The predicted molar refractivity (Wildman–Crippen MR) is 82.5 cm³/mol. The van der Waals surface area contributed by atoms with Gasteiger partial charge in [0.2, 0.25) is 0 Å². The number of methoxy groups -OCH3 is 1. The van der Waals surface area contributed by atoms with Crippen molar-refractivity contribution in [3.63, 3.8) is 0 Å². The number of halogens is 1. The zero-order valence-corrected chi connectivity index (χ0v) is 14.0. The van der Waals surface area contributed by atoms with E-state index in [0.29, 0.717) is 5.92 Å². The second-order valence-electron chi connectivity index (χ2n) is 5.09. The van der Waals surface area contributed by atoms with E-state index in [1.165, 1.54) is 0 Å². The molecule has 0 saturated carbocycles. The summed E-state index contributed by atoms with van der Waals surface area (Å²) in [5.74, 6) is 2.15. The Kier molecular flexibility index (Phi) is 6.72. The average Bonchev–Trinajstić information content (AvgIpc) is 2.38. The fraction of sp³-hybridized carbons (Fsp3) is 0.714. The normalized spacial score (nSPS) is 12.8. The van der Waals surface area contributed by atoms with E-state index in [1.54, 1.807) is 7.11 Å². The number of aromatic nitrogens is 2. The molecule has 0 saturated heterocycles. The number of anilines is 1. The molecule has 0 aliphatic rings. The fourth-order valence-electron chi connectivity index (χ4n) is 1.68. The number of ether oxygens (including phenoxy) is 1. The SMILES string of the molecule is CCCNc1nc(C(C)OC)nc(CC(C)C)c1Br. The van der Waals surface area contributed by atoms with Crippen molar-refractivity contribution in [1.82, 2.24) is 9.97 Å². The molecule has 0 bridgehead atoms. The number of hydrogen-bond donors (Lipinski definition) is 1. The highest BCUT2D eigenvalue weighted by Gasteiger charge is 2.16. The molecule has 0 spiro atoms. The lowest BCUT2D eigenvalue weighted by molar-refractivity contribution is 0.112. The van der Waals surface area contributed by atoms with Gasteiger partial charge in [-0.05, 0) is 41.6 Å². The highest BCUT2D eigenvalue weighted by Crippen LogP contribution is 2.27. The molecule has 1 atom stereocenters. The molecule has 0 aliphatic carbocycles. The van der Waals surface area contributed by atoms with Crippen LogP contribution in [-0.2, 0) is 11.2 Å². The summed E-state index contributed by atoms with van der Waals surface area (Å²) in [5.41, 5.74) is 1.04. The standard InChI is InChI=1S/C14H24BrN3O/c1-6-7-16-14-12(15)11(8-9(2)3)17-13(18-14)10(4)19-5/h9-10H,6-8H2,1-5H3,(H,16,17,18). The van der Waals surface area contributed by atoms with Crippen LogP contribution in [0, 0.1) is 5.92 Å².